The van der Waals surface area contributed by atoms with Crippen LogP contribution in [-0.4, -0.2) is 43.4 Å². The fraction of sp³-hybridized carbons (Fsp3) is 0.667. The second kappa shape index (κ2) is 6.24. The summed E-state index contributed by atoms with van der Waals surface area (Å²) in [6, 6.07) is 6.55. The Hall–Kier alpha value is -1.53. The van der Waals surface area contributed by atoms with Gasteiger partial charge in [0.1, 0.15) is 6.04 Å². The second-order valence-electron chi connectivity index (χ2n) is 9.26. The van der Waals surface area contributed by atoms with Crippen LogP contribution in [0.15, 0.2) is 18.2 Å². The van der Waals surface area contributed by atoms with Crippen LogP contribution in [0.2, 0.25) is 0 Å². The molecule has 27 heavy (non-hydrogen) atoms. The average molecular weight is 370 g/mol. The Morgan fingerprint density at radius 1 is 1.04 bits per heavy atom. The van der Waals surface area contributed by atoms with Gasteiger partial charge in [0.2, 0.25) is 5.91 Å². The summed E-state index contributed by atoms with van der Waals surface area (Å²) >= 11 is 0. The van der Waals surface area contributed by atoms with E-state index in [0.29, 0.717) is 6.04 Å². The maximum absolute atomic E-state index is 12.8. The van der Waals surface area contributed by atoms with Gasteiger partial charge in [-0.25, -0.2) is 0 Å². The Morgan fingerprint density at radius 2 is 1.63 bits per heavy atom. The summed E-state index contributed by atoms with van der Waals surface area (Å²) in [6.07, 6.45) is 4.79. The van der Waals surface area contributed by atoms with Crippen molar-refractivity contribution >= 4 is 29.9 Å². The van der Waals surface area contributed by atoms with E-state index in [1.165, 1.54) is 12.8 Å². The highest BCUT2D eigenvalue weighted by Gasteiger charge is 2.52. The first kappa shape index (κ1) is 18.8. The molecule has 3 aliphatic rings. The van der Waals surface area contributed by atoms with Crippen LogP contribution in [-0.2, 0) is 14.1 Å². The zero-order valence-corrected chi connectivity index (χ0v) is 17.4. The number of carbonyl (C=O) groups is 1. The number of likely N-dealkylation sites (N-methyl/N-ethyl adjacent to an activating group) is 1. The number of anilines is 2. The molecule has 0 spiro atoms. The Bertz CT molecular complexity index is 742. The average Bonchev–Trinajstić information content (AvgIpc) is 3.19. The van der Waals surface area contributed by atoms with Crippen molar-refractivity contribution in [3.05, 3.63) is 18.2 Å². The van der Waals surface area contributed by atoms with E-state index < -0.39 is 0 Å². The molecule has 2 aliphatic heterocycles. The fourth-order valence-corrected chi connectivity index (χ4v) is 4.58. The van der Waals surface area contributed by atoms with E-state index in [9.17, 15) is 4.79 Å². The highest BCUT2D eigenvalue weighted by atomic mass is 16.7. The molecule has 1 saturated carbocycles. The smallest absolute Gasteiger partial charge is 0.399 e. The number of hydrogen-bond donors (Lipinski definition) is 0. The standard InChI is InChI=1S/C21H31BN2O3/c1-14-19(25)23(6)17-12-11-15(22-26-20(2,3)21(4,5)27-22)13-18(17)24(14)16-9-7-8-10-16/h11-14,16H,7-10H2,1-6H3. The largest absolute Gasteiger partial charge is 0.494 e. The fourth-order valence-electron chi connectivity index (χ4n) is 4.58. The van der Waals surface area contributed by atoms with Crippen LogP contribution in [0.1, 0.15) is 60.3 Å². The Kier molecular flexibility index (Phi) is 4.35. The molecule has 4 rings (SSSR count). The van der Waals surface area contributed by atoms with Crippen molar-refractivity contribution in [2.75, 3.05) is 16.8 Å². The number of fused-ring (bicyclic) bond motifs is 1. The minimum Gasteiger partial charge on any atom is -0.399 e. The van der Waals surface area contributed by atoms with Crippen LogP contribution in [0.25, 0.3) is 0 Å². The molecule has 2 fully saturated rings. The molecule has 146 valence electrons. The molecule has 1 atom stereocenters. The van der Waals surface area contributed by atoms with E-state index in [1.807, 2.05) is 26.1 Å². The molecule has 1 aliphatic carbocycles. The number of amides is 1. The van der Waals surface area contributed by atoms with Gasteiger partial charge in [0, 0.05) is 13.1 Å². The topological polar surface area (TPSA) is 42.0 Å². The number of nitrogens with zero attached hydrogens (tertiary/aromatic N) is 2. The minimum absolute atomic E-state index is 0.140. The van der Waals surface area contributed by atoms with Crippen molar-refractivity contribution in [2.24, 2.45) is 0 Å². The van der Waals surface area contributed by atoms with Gasteiger partial charge in [-0.3, -0.25) is 4.79 Å². The Balaban J connectivity index is 1.74. The third kappa shape index (κ3) is 2.88. The molecule has 0 aromatic heterocycles. The first-order valence-corrected chi connectivity index (χ1v) is 10.2. The van der Waals surface area contributed by atoms with Gasteiger partial charge in [-0.1, -0.05) is 18.9 Å². The van der Waals surface area contributed by atoms with Crippen LogP contribution in [0, 0.1) is 0 Å². The molecule has 0 radical (unpaired) electrons. The zero-order valence-electron chi connectivity index (χ0n) is 17.4. The molecule has 2 heterocycles. The summed E-state index contributed by atoms with van der Waals surface area (Å²) in [7, 11) is 1.49. The van der Waals surface area contributed by atoms with E-state index in [2.05, 4.69) is 38.7 Å². The monoisotopic (exact) mass is 370 g/mol. The van der Waals surface area contributed by atoms with Crippen molar-refractivity contribution in [3.63, 3.8) is 0 Å². The second-order valence-corrected chi connectivity index (χ2v) is 9.26. The van der Waals surface area contributed by atoms with Crippen LogP contribution in [0.5, 0.6) is 0 Å². The summed E-state index contributed by atoms with van der Waals surface area (Å²) in [6.45, 7) is 10.3. The highest BCUT2D eigenvalue weighted by molar-refractivity contribution is 6.62. The molecule has 0 N–H and O–H groups in total. The Labute approximate surface area is 163 Å². The van der Waals surface area contributed by atoms with Crippen molar-refractivity contribution in [1.82, 2.24) is 0 Å². The quantitative estimate of drug-likeness (QED) is 0.751. The number of rotatable bonds is 2. The first-order valence-electron chi connectivity index (χ1n) is 10.2. The van der Waals surface area contributed by atoms with Crippen LogP contribution < -0.4 is 15.3 Å². The predicted octanol–water partition coefficient (Wildman–Crippen LogP) is 3.10. The summed E-state index contributed by atoms with van der Waals surface area (Å²) in [5.74, 6) is 0.165. The van der Waals surface area contributed by atoms with Gasteiger partial charge in [0.15, 0.2) is 0 Å². The predicted molar refractivity (Wildman–Crippen MR) is 110 cm³/mol. The highest BCUT2D eigenvalue weighted by Crippen LogP contribution is 2.41. The van der Waals surface area contributed by atoms with Crippen LogP contribution in [0.3, 0.4) is 0 Å². The van der Waals surface area contributed by atoms with Gasteiger partial charge >= 0.3 is 7.12 Å². The van der Waals surface area contributed by atoms with Gasteiger partial charge in [-0.15, -0.1) is 0 Å². The summed E-state index contributed by atoms with van der Waals surface area (Å²) in [5.41, 5.74) is 2.40. The lowest BCUT2D eigenvalue weighted by atomic mass is 9.78. The molecule has 5 nitrogen and oxygen atoms in total. The van der Waals surface area contributed by atoms with Gasteiger partial charge in [-0.05, 0) is 65.1 Å². The minimum atomic E-state index is -0.385. The normalized spacial score (nSPS) is 27.4. The van der Waals surface area contributed by atoms with Crippen LogP contribution in [0.4, 0.5) is 11.4 Å². The van der Waals surface area contributed by atoms with Gasteiger partial charge in [-0.2, -0.15) is 0 Å². The summed E-state index contributed by atoms with van der Waals surface area (Å²) in [5, 5.41) is 0. The summed E-state index contributed by atoms with van der Waals surface area (Å²) < 4.78 is 12.5. The van der Waals surface area contributed by atoms with E-state index in [0.717, 1.165) is 29.7 Å². The van der Waals surface area contributed by atoms with Gasteiger partial charge < -0.3 is 19.1 Å². The number of hydrogen-bond acceptors (Lipinski definition) is 4. The van der Waals surface area contributed by atoms with Crippen molar-refractivity contribution in [1.29, 1.82) is 0 Å². The molecule has 6 heteroatoms. The molecule has 1 amide bonds. The van der Waals surface area contributed by atoms with Crippen LogP contribution >= 0.6 is 0 Å². The van der Waals surface area contributed by atoms with Crippen molar-refractivity contribution in [3.8, 4) is 0 Å². The SMILES string of the molecule is CC1C(=O)N(C)c2ccc(B3OC(C)(C)C(C)(C)O3)cc2N1C1CCCC1. The van der Waals surface area contributed by atoms with E-state index in [4.69, 9.17) is 9.31 Å². The first-order chi connectivity index (χ1) is 12.6. The molecule has 1 aromatic carbocycles. The van der Waals surface area contributed by atoms with Gasteiger partial charge in [0.25, 0.3) is 0 Å². The van der Waals surface area contributed by atoms with E-state index >= 15 is 0 Å². The lowest BCUT2D eigenvalue weighted by molar-refractivity contribution is -0.119. The molecular weight excluding hydrogens is 339 g/mol. The molecular formula is C21H31BN2O3. The van der Waals surface area contributed by atoms with Gasteiger partial charge in [0.05, 0.1) is 22.6 Å². The molecule has 0 bridgehead atoms. The number of benzene rings is 1. The lowest BCUT2D eigenvalue weighted by Crippen LogP contribution is -2.54. The molecule has 1 unspecified atom stereocenters. The lowest BCUT2D eigenvalue weighted by Gasteiger charge is -2.44. The number of carbonyl (C=O) groups excluding carboxylic acids is 1. The maximum Gasteiger partial charge on any atom is 0.494 e. The van der Waals surface area contributed by atoms with E-state index in [1.54, 1.807) is 4.90 Å². The molecule has 1 aromatic rings. The van der Waals surface area contributed by atoms with E-state index in [-0.39, 0.29) is 30.3 Å². The van der Waals surface area contributed by atoms with Crippen molar-refractivity contribution < 1.29 is 14.1 Å². The summed E-state index contributed by atoms with van der Waals surface area (Å²) in [4.78, 5) is 16.9. The Morgan fingerprint density at radius 3 is 2.22 bits per heavy atom. The molecule has 1 saturated heterocycles. The zero-order chi connectivity index (χ0) is 19.6. The third-order valence-corrected chi connectivity index (χ3v) is 6.99. The third-order valence-electron chi connectivity index (χ3n) is 6.99. The maximum atomic E-state index is 12.8. The van der Waals surface area contributed by atoms with Crippen molar-refractivity contribution in [2.45, 2.75) is 83.6 Å².